The van der Waals surface area contributed by atoms with Gasteiger partial charge in [0.05, 0.1) is 16.3 Å². The fourth-order valence-corrected chi connectivity index (χ4v) is 5.89. The van der Waals surface area contributed by atoms with Gasteiger partial charge in [-0.2, -0.15) is 13.2 Å². The van der Waals surface area contributed by atoms with Gasteiger partial charge in [0, 0.05) is 49.2 Å². The number of fused-ring (bicyclic) bond motifs is 1. The second-order valence-corrected chi connectivity index (χ2v) is 11.4. The van der Waals surface area contributed by atoms with Gasteiger partial charge in [0.2, 0.25) is 5.95 Å². The van der Waals surface area contributed by atoms with Gasteiger partial charge in [-0.1, -0.05) is 18.2 Å². The van der Waals surface area contributed by atoms with Crippen molar-refractivity contribution in [2.45, 2.75) is 25.6 Å². The van der Waals surface area contributed by atoms with Crippen molar-refractivity contribution in [2.24, 2.45) is 5.92 Å². The van der Waals surface area contributed by atoms with Crippen LogP contribution >= 0.6 is 11.8 Å². The second kappa shape index (κ2) is 12.1. The van der Waals surface area contributed by atoms with Crippen LogP contribution in [-0.4, -0.2) is 50.7 Å². The van der Waals surface area contributed by atoms with E-state index >= 15 is 0 Å². The van der Waals surface area contributed by atoms with Crippen LogP contribution in [0.2, 0.25) is 0 Å². The van der Waals surface area contributed by atoms with E-state index in [4.69, 9.17) is 0 Å². The predicted molar refractivity (Wildman–Crippen MR) is 158 cm³/mol. The number of carbonyl (C=O) groups excluding carboxylic acids is 2. The minimum Gasteiger partial charge on any atom is -0.341 e. The molecule has 9 nitrogen and oxygen atoms in total. The van der Waals surface area contributed by atoms with Crippen molar-refractivity contribution in [3.05, 3.63) is 82.9 Å². The lowest BCUT2D eigenvalue weighted by Gasteiger charge is -2.32. The number of aromatic nitrogens is 4. The number of amides is 2. The van der Waals surface area contributed by atoms with Gasteiger partial charge in [0.25, 0.3) is 11.1 Å². The van der Waals surface area contributed by atoms with Crippen molar-refractivity contribution in [1.82, 2.24) is 30.6 Å². The minimum absolute atomic E-state index is 0.272. The topological polar surface area (TPSA) is 113 Å². The summed E-state index contributed by atoms with van der Waals surface area (Å²) >= 11 is 0.837. The summed E-state index contributed by atoms with van der Waals surface area (Å²) in [5.41, 5.74) is 1.03. The lowest BCUT2D eigenvalue weighted by Crippen LogP contribution is -2.38. The van der Waals surface area contributed by atoms with Gasteiger partial charge < -0.3 is 10.2 Å². The molecule has 0 radical (unpaired) electrons. The van der Waals surface area contributed by atoms with Crippen LogP contribution in [0.3, 0.4) is 0 Å². The molecule has 13 heteroatoms. The highest BCUT2D eigenvalue weighted by Gasteiger charge is 2.33. The molecule has 6 rings (SSSR count). The number of pyridine rings is 2. The Morgan fingerprint density at radius 3 is 2.67 bits per heavy atom. The quantitative estimate of drug-likeness (QED) is 0.266. The highest BCUT2D eigenvalue weighted by atomic mass is 32.2. The number of carbonyl (C=O) groups is 2. The molecule has 0 atom stereocenters. The number of nitrogens with one attached hydrogen (secondary N) is 2. The first-order chi connectivity index (χ1) is 20.7. The van der Waals surface area contributed by atoms with Crippen LogP contribution in [0.15, 0.2) is 66.0 Å². The Kier molecular flexibility index (Phi) is 8.08. The number of rotatable bonds is 7. The Balaban J connectivity index is 1.09. The molecule has 43 heavy (non-hydrogen) atoms. The zero-order valence-electron chi connectivity index (χ0n) is 22.8. The Morgan fingerprint density at radius 2 is 1.91 bits per heavy atom. The number of imide groups is 1. The maximum Gasteiger partial charge on any atom is 0.433 e. The van der Waals surface area contributed by atoms with Crippen LogP contribution in [-0.2, 0) is 17.5 Å². The molecule has 4 aromatic rings. The van der Waals surface area contributed by atoms with Crippen LogP contribution in [0, 0.1) is 5.92 Å². The van der Waals surface area contributed by atoms with Crippen molar-refractivity contribution in [2.75, 3.05) is 24.5 Å². The Labute approximate surface area is 249 Å². The number of hydrogen-bond acceptors (Lipinski definition) is 9. The van der Waals surface area contributed by atoms with Crippen LogP contribution in [0.5, 0.6) is 0 Å². The van der Waals surface area contributed by atoms with Crippen LogP contribution in [0.25, 0.3) is 28.1 Å². The molecule has 0 aliphatic carbocycles. The number of nitrogens with zero attached hydrogens (tertiary/aromatic N) is 5. The monoisotopic (exact) mass is 605 g/mol. The third-order valence-electron chi connectivity index (χ3n) is 7.38. The molecular formula is C30H26F3N7O2S. The Bertz CT molecular complexity index is 1720. The molecule has 0 bridgehead atoms. The molecule has 0 saturated carbocycles. The van der Waals surface area contributed by atoms with Gasteiger partial charge >= 0.3 is 6.18 Å². The molecule has 2 fully saturated rings. The fourth-order valence-electron chi connectivity index (χ4n) is 5.23. The summed E-state index contributed by atoms with van der Waals surface area (Å²) in [6.07, 6.45) is 3.63. The third kappa shape index (κ3) is 6.67. The normalized spacial score (nSPS) is 17.2. The molecular weight excluding hydrogens is 579 g/mol. The van der Waals surface area contributed by atoms with Crippen molar-refractivity contribution in [3.8, 4) is 11.3 Å². The minimum atomic E-state index is -4.57. The van der Waals surface area contributed by atoms with E-state index in [9.17, 15) is 22.8 Å². The lowest BCUT2D eigenvalue weighted by molar-refractivity contribution is -0.141. The van der Waals surface area contributed by atoms with Gasteiger partial charge in [-0.3, -0.25) is 19.9 Å². The third-order valence-corrected chi connectivity index (χ3v) is 8.19. The average Bonchev–Trinajstić information content (AvgIpc) is 3.32. The highest BCUT2D eigenvalue weighted by molar-refractivity contribution is 8.18. The summed E-state index contributed by atoms with van der Waals surface area (Å²) in [6, 6.07) is 11.7. The maximum absolute atomic E-state index is 13.8. The molecule has 2 aliphatic heterocycles. The Hall–Kier alpha value is -4.36. The van der Waals surface area contributed by atoms with E-state index in [0.29, 0.717) is 48.3 Å². The summed E-state index contributed by atoms with van der Waals surface area (Å²) < 4.78 is 41.3. The second-order valence-electron chi connectivity index (χ2n) is 10.3. The van der Waals surface area contributed by atoms with Gasteiger partial charge in [-0.15, -0.1) is 0 Å². The van der Waals surface area contributed by atoms with E-state index in [1.807, 2.05) is 6.07 Å². The van der Waals surface area contributed by atoms with E-state index in [-0.39, 0.29) is 17.1 Å². The van der Waals surface area contributed by atoms with Crippen LogP contribution in [0.4, 0.5) is 23.9 Å². The SMILES string of the molecule is O=C1NC(=O)/C(=C/c2ccnc(N3CCC(CNCc4cc(-c5cccc6cnccc56)nc(C(F)(F)F)c4)CC3)n2)S1. The Morgan fingerprint density at radius 1 is 1.07 bits per heavy atom. The van der Waals surface area contributed by atoms with Crippen molar-refractivity contribution in [3.63, 3.8) is 0 Å². The summed E-state index contributed by atoms with van der Waals surface area (Å²) in [5, 5.41) is 6.78. The highest BCUT2D eigenvalue weighted by Crippen LogP contribution is 2.33. The van der Waals surface area contributed by atoms with Gasteiger partial charge in [-0.05, 0) is 78.4 Å². The first-order valence-corrected chi connectivity index (χ1v) is 14.5. The predicted octanol–water partition coefficient (Wildman–Crippen LogP) is 5.44. The average molecular weight is 606 g/mol. The number of hydrogen-bond donors (Lipinski definition) is 2. The first kappa shape index (κ1) is 28.7. The van der Waals surface area contributed by atoms with E-state index in [1.165, 1.54) is 0 Å². The summed E-state index contributed by atoms with van der Waals surface area (Å²) in [6.45, 7) is 2.36. The summed E-state index contributed by atoms with van der Waals surface area (Å²) in [5.74, 6) is 0.441. The van der Waals surface area contributed by atoms with Crippen LogP contribution in [0.1, 0.15) is 29.8 Å². The van der Waals surface area contributed by atoms with Gasteiger partial charge in [0.1, 0.15) is 5.69 Å². The number of piperidine rings is 1. The number of benzene rings is 1. The molecule has 2 saturated heterocycles. The van der Waals surface area contributed by atoms with E-state index < -0.39 is 23.0 Å². The van der Waals surface area contributed by atoms with E-state index in [1.54, 1.807) is 55.0 Å². The summed E-state index contributed by atoms with van der Waals surface area (Å²) in [7, 11) is 0. The summed E-state index contributed by atoms with van der Waals surface area (Å²) in [4.78, 5) is 42.6. The molecule has 1 aromatic carbocycles. The molecule has 0 unspecified atom stereocenters. The van der Waals surface area contributed by atoms with Crippen molar-refractivity contribution in [1.29, 1.82) is 0 Å². The standard InChI is InChI=1S/C30H26F3N7O2S/c31-30(32,33)26-13-19(12-24(38-26)23-3-1-2-20-17-34-8-5-22(20)23)16-35-15-18-6-10-40(11-7-18)28-36-9-4-21(37-28)14-25-27(41)39-29(42)43-25/h1-5,8-9,12-14,17-18,35H,6-7,10-11,15-16H2,(H,39,41,42)/b25-14-. The number of anilines is 1. The van der Waals surface area contributed by atoms with Crippen molar-refractivity contribution >= 4 is 45.7 Å². The number of thioether (sulfide) groups is 1. The first-order valence-electron chi connectivity index (χ1n) is 13.7. The molecule has 220 valence electrons. The molecule has 5 heterocycles. The molecule has 2 N–H and O–H groups in total. The van der Waals surface area contributed by atoms with Gasteiger partial charge in [-0.25, -0.2) is 15.0 Å². The number of halogens is 3. The lowest BCUT2D eigenvalue weighted by atomic mass is 9.97. The van der Waals surface area contributed by atoms with E-state index in [2.05, 4.69) is 35.5 Å². The van der Waals surface area contributed by atoms with Crippen molar-refractivity contribution < 1.29 is 22.8 Å². The molecule has 3 aromatic heterocycles. The largest absolute Gasteiger partial charge is 0.433 e. The number of alkyl halides is 3. The van der Waals surface area contributed by atoms with Crippen LogP contribution < -0.4 is 15.5 Å². The van der Waals surface area contributed by atoms with Gasteiger partial charge in [0.15, 0.2) is 0 Å². The molecule has 2 amide bonds. The molecule has 2 aliphatic rings. The zero-order valence-corrected chi connectivity index (χ0v) is 23.6. The maximum atomic E-state index is 13.8. The fraction of sp³-hybridized carbons (Fsp3) is 0.267. The molecule has 0 spiro atoms. The smallest absolute Gasteiger partial charge is 0.341 e. The zero-order chi connectivity index (χ0) is 30.0. The van der Waals surface area contributed by atoms with E-state index in [0.717, 1.165) is 41.4 Å².